The van der Waals surface area contributed by atoms with Crippen LogP contribution in [0.2, 0.25) is 0 Å². The Labute approximate surface area is 196 Å². The fourth-order valence-corrected chi connectivity index (χ4v) is 3.41. The monoisotopic (exact) mass is 457 g/mol. The number of hydrogen-bond donors (Lipinski definition) is 3. The first-order valence-electron chi connectivity index (χ1n) is 10.5. The van der Waals surface area contributed by atoms with Gasteiger partial charge in [0.05, 0.1) is 29.8 Å². The van der Waals surface area contributed by atoms with Crippen molar-refractivity contribution in [2.24, 2.45) is 0 Å². The molecule has 8 heteroatoms. The number of carbonyl (C=O) groups is 2. The zero-order valence-electron chi connectivity index (χ0n) is 18.5. The summed E-state index contributed by atoms with van der Waals surface area (Å²) in [5.41, 5.74) is 1.76. The Kier molecular flexibility index (Phi) is 8.17. The van der Waals surface area contributed by atoms with Crippen molar-refractivity contribution in [1.29, 1.82) is 5.26 Å². The number of rotatable bonds is 8. The summed E-state index contributed by atoms with van der Waals surface area (Å²) in [5, 5.41) is 31.0. The molecule has 3 aromatic rings. The highest BCUT2D eigenvalue weighted by atomic mass is 16.5. The SMILES string of the molecule is COC[C@H](Cc1ccc(O)cc1)NC(=O)c1cc(C(=O)O)c2cc(C#CCCC#N)ccc2n1. The second kappa shape index (κ2) is 11.5. The number of unbranched alkanes of at least 4 members (excludes halogenated alkanes) is 1. The number of hydrogen-bond acceptors (Lipinski definition) is 6. The van der Waals surface area contributed by atoms with Crippen LogP contribution in [0, 0.1) is 23.2 Å². The Morgan fingerprint density at radius 2 is 1.91 bits per heavy atom. The molecule has 1 aromatic heterocycles. The molecule has 34 heavy (non-hydrogen) atoms. The molecule has 1 heterocycles. The van der Waals surface area contributed by atoms with Crippen LogP contribution in [0.15, 0.2) is 48.5 Å². The number of carboxylic acids is 1. The van der Waals surface area contributed by atoms with Crippen molar-refractivity contribution in [3.8, 4) is 23.7 Å². The lowest BCUT2D eigenvalue weighted by atomic mass is 10.0. The van der Waals surface area contributed by atoms with Gasteiger partial charge >= 0.3 is 5.97 Å². The number of fused-ring (bicyclic) bond motifs is 1. The van der Waals surface area contributed by atoms with Crippen molar-refractivity contribution < 1.29 is 24.5 Å². The Hall–Kier alpha value is -4.40. The van der Waals surface area contributed by atoms with Gasteiger partial charge in [-0.15, -0.1) is 0 Å². The number of ether oxygens (including phenoxy) is 1. The third kappa shape index (κ3) is 6.32. The Balaban J connectivity index is 1.87. The molecule has 0 aliphatic carbocycles. The predicted octanol–water partition coefficient (Wildman–Crippen LogP) is 3.28. The largest absolute Gasteiger partial charge is 0.508 e. The van der Waals surface area contributed by atoms with E-state index < -0.39 is 11.9 Å². The number of aromatic carboxylic acids is 1. The number of aromatic nitrogens is 1. The van der Waals surface area contributed by atoms with Crippen molar-refractivity contribution in [3.05, 3.63) is 70.9 Å². The summed E-state index contributed by atoms with van der Waals surface area (Å²) in [6.07, 6.45) is 1.19. The number of nitrogens with one attached hydrogen (secondary N) is 1. The number of pyridine rings is 1. The van der Waals surface area contributed by atoms with Gasteiger partial charge in [0, 0.05) is 30.9 Å². The quantitative estimate of drug-likeness (QED) is 0.349. The highest BCUT2D eigenvalue weighted by Gasteiger charge is 2.19. The molecule has 8 nitrogen and oxygen atoms in total. The summed E-state index contributed by atoms with van der Waals surface area (Å²) >= 11 is 0. The normalized spacial score (nSPS) is 11.2. The highest BCUT2D eigenvalue weighted by molar-refractivity contribution is 6.06. The van der Waals surface area contributed by atoms with Crippen LogP contribution in [0.1, 0.15) is 44.8 Å². The van der Waals surface area contributed by atoms with Gasteiger partial charge in [-0.25, -0.2) is 9.78 Å². The number of nitrogens with zero attached hydrogens (tertiary/aromatic N) is 2. The predicted molar refractivity (Wildman–Crippen MR) is 125 cm³/mol. The number of carbonyl (C=O) groups excluding carboxylic acids is 1. The van der Waals surface area contributed by atoms with E-state index in [1.807, 2.05) is 6.07 Å². The van der Waals surface area contributed by atoms with Crippen molar-refractivity contribution >= 4 is 22.8 Å². The maximum absolute atomic E-state index is 13.0. The summed E-state index contributed by atoms with van der Waals surface area (Å²) in [7, 11) is 1.52. The van der Waals surface area contributed by atoms with Gasteiger partial charge in [-0.1, -0.05) is 24.0 Å². The minimum Gasteiger partial charge on any atom is -0.508 e. The van der Waals surface area contributed by atoms with Gasteiger partial charge in [-0.05, 0) is 48.4 Å². The van der Waals surface area contributed by atoms with Crippen molar-refractivity contribution in [2.75, 3.05) is 13.7 Å². The minimum atomic E-state index is -1.19. The third-order valence-corrected chi connectivity index (χ3v) is 4.99. The lowest BCUT2D eigenvalue weighted by Crippen LogP contribution is -2.40. The summed E-state index contributed by atoms with van der Waals surface area (Å²) in [6.45, 7) is 0.236. The first-order chi connectivity index (χ1) is 16.4. The molecule has 1 amide bonds. The van der Waals surface area contributed by atoms with Gasteiger partial charge in [0.25, 0.3) is 5.91 Å². The average molecular weight is 457 g/mol. The maximum Gasteiger partial charge on any atom is 0.336 e. The Morgan fingerprint density at radius 1 is 1.15 bits per heavy atom. The standard InChI is InChI=1S/C26H23N3O5/c1-34-16-19(13-18-6-9-20(30)10-7-18)28-25(31)24-15-22(26(32)33)21-14-17(5-3-2-4-12-27)8-11-23(21)29-24/h6-11,14-15,19,30H,2,4,13,16H2,1H3,(H,28,31)(H,32,33)/t19-/m0/s1. The fourth-order valence-electron chi connectivity index (χ4n) is 3.41. The Morgan fingerprint density at radius 3 is 2.59 bits per heavy atom. The highest BCUT2D eigenvalue weighted by Crippen LogP contribution is 2.21. The molecule has 0 fully saturated rings. The number of phenolic OH excluding ortho intramolecular Hbond substituents is 1. The summed E-state index contributed by atoms with van der Waals surface area (Å²) in [5.74, 6) is 4.22. The van der Waals surface area contributed by atoms with Crippen molar-refractivity contribution in [2.45, 2.75) is 25.3 Å². The number of amides is 1. The van der Waals surface area contributed by atoms with Crippen molar-refractivity contribution in [3.63, 3.8) is 0 Å². The molecule has 1 atom stereocenters. The van der Waals surface area contributed by atoms with Gasteiger partial charge in [-0.2, -0.15) is 5.26 Å². The number of benzene rings is 2. The topological polar surface area (TPSA) is 133 Å². The van der Waals surface area contributed by atoms with E-state index in [-0.39, 0.29) is 29.7 Å². The van der Waals surface area contributed by atoms with E-state index in [1.54, 1.807) is 42.5 Å². The molecule has 0 radical (unpaired) electrons. The van der Waals surface area contributed by atoms with Crippen LogP contribution < -0.4 is 5.32 Å². The first kappa shape index (κ1) is 24.2. The van der Waals surface area contributed by atoms with Crippen molar-refractivity contribution in [1.82, 2.24) is 10.3 Å². The zero-order chi connectivity index (χ0) is 24.5. The van der Waals surface area contributed by atoms with Gasteiger partial charge < -0.3 is 20.3 Å². The lowest BCUT2D eigenvalue weighted by Gasteiger charge is -2.18. The van der Waals surface area contributed by atoms with E-state index in [2.05, 4.69) is 22.1 Å². The second-order valence-electron chi connectivity index (χ2n) is 7.55. The van der Waals surface area contributed by atoms with Crippen LogP contribution in [0.4, 0.5) is 0 Å². The molecule has 0 bridgehead atoms. The average Bonchev–Trinajstić information content (AvgIpc) is 2.82. The second-order valence-corrected chi connectivity index (χ2v) is 7.55. The summed E-state index contributed by atoms with van der Waals surface area (Å²) in [6, 6.07) is 14.4. The summed E-state index contributed by atoms with van der Waals surface area (Å²) < 4.78 is 5.22. The molecule has 0 spiro atoms. The van der Waals surface area contributed by atoms with Crippen LogP contribution in [0.3, 0.4) is 0 Å². The molecule has 2 aromatic carbocycles. The number of methoxy groups -OCH3 is 1. The number of nitriles is 1. The van der Waals surface area contributed by atoms with Gasteiger partial charge in [-0.3, -0.25) is 4.79 Å². The molecule has 0 saturated heterocycles. The van der Waals surface area contributed by atoms with E-state index in [4.69, 9.17) is 10.00 Å². The molecule has 3 N–H and O–H groups in total. The van der Waals surface area contributed by atoms with Crippen LogP contribution in [-0.2, 0) is 11.2 Å². The molecule has 3 rings (SSSR count). The van der Waals surface area contributed by atoms with Crippen LogP contribution in [-0.4, -0.2) is 46.8 Å². The first-order valence-corrected chi connectivity index (χ1v) is 10.5. The zero-order valence-corrected chi connectivity index (χ0v) is 18.5. The van der Waals surface area contributed by atoms with E-state index in [1.165, 1.54) is 13.2 Å². The molecule has 0 aliphatic heterocycles. The number of carboxylic acid groups (broad SMARTS) is 1. The van der Waals surface area contributed by atoms with Crippen LogP contribution >= 0.6 is 0 Å². The van der Waals surface area contributed by atoms with Crippen LogP contribution in [0.25, 0.3) is 10.9 Å². The van der Waals surface area contributed by atoms with Gasteiger partial charge in [0.2, 0.25) is 0 Å². The van der Waals surface area contributed by atoms with Crippen LogP contribution in [0.5, 0.6) is 5.75 Å². The lowest BCUT2D eigenvalue weighted by molar-refractivity contribution is 0.0699. The summed E-state index contributed by atoms with van der Waals surface area (Å²) in [4.78, 5) is 29.2. The Bertz CT molecular complexity index is 1300. The van der Waals surface area contributed by atoms with Gasteiger partial charge in [0.1, 0.15) is 11.4 Å². The maximum atomic E-state index is 13.0. The molecule has 0 unspecified atom stereocenters. The minimum absolute atomic E-state index is 0.0236. The van der Waals surface area contributed by atoms with E-state index in [0.29, 0.717) is 35.7 Å². The van der Waals surface area contributed by atoms with E-state index in [0.717, 1.165) is 5.56 Å². The number of phenols is 1. The fraction of sp³-hybridized carbons (Fsp3) is 0.231. The molecule has 0 aliphatic rings. The molecular formula is C26H23N3O5. The third-order valence-electron chi connectivity index (χ3n) is 4.99. The van der Waals surface area contributed by atoms with E-state index in [9.17, 15) is 19.8 Å². The molecule has 0 saturated carbocycles. The number of aromatic hydroxyl groups is 1. The van der Waals surface area contributed by atoms with E-state index >= 15 is 0 Å². The molecule has 172 valence electrons. The van der Waals surface area contributed by atoms with Gasteiger partial charge in [0.15, 0.2) is 0 Å². The smallest absolute Gasteiger partial charge is 0.336 e. The molecular weight excluding hydrogens is 434 g/mol.